The largest absolute Gasteiger partial charge is 0.394 e. The van der Waals surface area contributed by atoms with E-state index in [2.05, 4.69) is 36.5 Å². The van der Waals surface area contributed by atoms with E-state index < -0.39 is 37.1 Å². The fourth-order valence-electron chi connectivity index (χ4n) is 4.10. The van der Waals surface area contributed by atoms with Crippen LogP contribution in [0.15, 0.2) is 36.4 Å². The van der Waals surface area contributed by atoms with Crippen LogP contribution in [0.2, 0.25) is 5.02 Å². The van der Waals surface area contributed by atoms with Gasteiger partial charge in [-0.1, -0.05) is 48.9 Å². The van der Waals surface area contributed by atoms with Crippen molar-refractivity contribution in [1.82, 2.24) is 5.32 Å². The van der Waals surface area contributed by atoms with Crippen molar-refractivity contribution in [1.29, 1.82) is 0 Å². The lowest BCUT2D eigenvalue weighted by molar-refractivity contribution is -0.232. The maximum Gasteiger partial charge on any atom is 0.113 e. The second kappa shape index (κ2) is 12.4. The van der Waals surface area contributed by atoms with E-state index in [1.165, 1.54) is 5.56 Å². The van der Waals surface area contributed by atoms with Crippen LogP contribution in [0.4, 0.5) is 0 Å². The molecule has 1 fully saturated rings. The molecule has 0 spiro atoms. The first-order valence-corrected chi connectivity index (χ1v) is 12.1. The molecule has 7 nitrogen and oxygen atoms in total. The Labute approximate surface area is 206 Å². The quantitative estimate of drug-likeness (QED) is 0.345. The Morgan fingerprint density at radius 1 is 1.03 bits per heavy atom. The molecule has 1 saturated heterocycles. The molecule has 34 heavy (non-hydrogen) atoms. The maximum atomic E-state index is 10.8. The van der Waals surface area contributed by atoms with E-state index >= 15 is 0 Å². The molecule has 0 radical (unpaired) electrons. The van der Waals surface area contributed by atoms with Crippen molar-refractivity contribution in [2.24, 2.45) is 0 Å². The molecule has 188 valence electrons. The highest BCUT2D eigenvalue weighted by Crippen LogP contribution is 2.37. The third kappa shape index (κ3) is 6.36. The number of rotatable bonds is 10. The molecule has 8 heteroatoms. The zero-order valence-electron chi connectivity index (χ0n) is 19.9. The van der Waals surface area contributed by atoms with Gasteiger partial charge in [-0.15, -0.1) is 0 Å². The number of aliphatic hydroxyl groups excluding tert-OH is 4. The van der Waals surface area contributed by atoms with E-state index in [1.54, 1.807) is 6.07 Å². The number of benzene rings is 2. The molecule has 6 atom stereocenters. The van der Waals surface area contributed by atoms with Crippen LogP contribution >= 0.6 is 11.6 Å². The van der Waals surface area contributed by atoms with Crippen molar-refractivity contribution >= 4 is 11.6 Å². The molecular weight excluding hydrogens is 458 g/mol. The third-order valence-corrected chi connectivity index (χ3v) is 6.80. The monoisotopic (exact) mass is 493 g/mol. The fraction of sp³-hybridized carbons (Fsp3) is 0.538. The first-order valence-electron chi connectivity index (χ1n) is 11.7. The van der Waals surface area contributed by atoms with Crippen molar-refractivity contribution in [3.8, 4) is 0 Å². The summed E-state index contributed by atoms with van der Waals surface area (Å²) >= 11 is 6.66. The normalized spacial score (nSPS) is 25.9. The van der Waals surface area contributed by atoms with Gasteiger partial charge in [-0.3, -0.25) is 0 Å². The number of aliphatic hydroxyl groups is 4. The summed E-state index contributed by atoms with van der Waals surface area (Å²) in [6.45, 7) is 4.31. The molecule has 5 N–H and O–H groups in total. The predicted molar refractivity (Wildman–Crippen MR) is 131 cm³/mol. The highest BCUT2D eigenvalue weighted by Gasteiger charge is 2.44. The van der Waals surface area contributed by atoms with Gasteiger partial charge >= 0.3 is 0 Å². The van der Waals surface area contributed by atoms with Crippen LogP contribution in [0.1, 0.15) is 47.8 Å². The molecule has 0 aliphatic carbocycles. The summed E-state index contributed by atoms with van der Waals surface area (Å²) in [5, 5.41) is 44.6. The average Bonchev–Trinajstić information content (AvgIpc) is 2.85. The zero-order valence-corrected chi connectivity index (χ0v) is 20.7. The Morgan fingerprint density at radius 3 is 2.32 bits per heavy atom. The SMILES string of the molecule is CCc1ccc(Cc2cc([C@@H]3O[C@H](CO)[C@@H](O)[C@H](O)[C@H]3O)c(COCC(C)NC)cc2Cl)cc1. The predicted octanol–water partition coefficient (Wildman–Crippen LogP) is 2.13. The van der Waals surface area contributed by atoms with Gasteiger partial charge in [-0.2, -0.15) is 0 Å². The number of likely N-dealkylation sites (N-methyl/N-ethyl adjacent to an activating group) is 1. The number of nitrogens with one attached hydrogen (secondary N) is 1. The van der Waals surface area contributed by atoms with Crippen LogP contribution in [-0.2, 0) is 28.9 Å². The molecule has 1 heterocycles. The summed E-state index contributed by atoms with van der Waals surface area (Å²) in [5.74, 6) is 0. The van der Waals surface area contributed by atoms with Gasteiger partial charge in [0.05, 0.1) is 19.8 Å². The highest BCUT2D eigenvalue weighted by atomic mass is 35.5. The van der Waals surface area contributed by atoms with Crippen LogP contribution in [0.5, 0.6) is 0 Å². The average molecular weight is 494 g/mol. The van der Waals surface area contributed by atoms with E-state index in [-0.39, 0.29) is 12.6 Å². The highest BCUT2D eigenvalue weighted by molar-refractivity contribution is 6.31. The van der Waals surface area contributed by atoms with Crippen LogP contribution < -0.4 is 5.32 Å². The van der Waals surface area contributed by atoms with E-state index in [0.717, 1.165) is 17.5 Å². The van der Waals surface area contributed by atoms with Gasteiger partial charge in [-0.25, -0.2) is 0 Å². The standard InChI is InChI=1S/C26H36ClNO6/c1-4-16-5-7-17(8-6-16)9-18-10-20(19(11-21(18)27)14-33-13-15(2)28-3)26-25(32)24(31)23(30)22(12-29)34-26/h5-8,10-11,15,22-26,28-32H,4,9,12-14H2,1-3H3/t15?,22-,23-,24+,25-,26+/m1/s1. The second-order valence-corrected chi connectivity index (χ2v) is 9.35. The molecule has 1 unspecified atom stereocenters. The Morgan fingerprint density at radius 2 is 1.71 bits per heavy atom. The number of ether oxygens (including phenoxy) is 2. The van der Waals surface area contributed by atoms with E-state index in [1.807, 2.05) is 20.0 Å². The molecule has 1 aliphatic rings. The van der Waals surface area contributed by atoms with Crippen molar-refractivity contribution in [2.75, 3.05) is 20.3 Å². The molecule has 0 aromatic heterocycles. The first-order chi connectivity index (χ1) is 16.3. The summed E-state index contributed by atoms with van der Waals surface area (Å²) in [6, 6.07) is 12.1. The zero-order chi connectivity index (χ0) is 24.8. The minimum Gasteiger partial charge on any atom is -0.394 e. The number of halogens is 1. The second-order valence-electron chi connectivity index (χ2n) is 8.94. The van der Waals surface area contributed by atoms with Crippen molar-refractivity contribution in [2.45, 2.75) is 69.9 Å². The van der Waals surface area contributed by atoms with Crippen LogP contribution in [0.25, 0.3) is 0 Å². The molecule has 0 saturated carbocycles. The van der Waals surface area contributed by atoms with Crippen LogP contribution in [0.3, 0.4) is 0 Å². The maximum absolute atomic E-state index is 10.8. The molecule has 3 rings (SSSR count). The Balaban J connectivity index is 1.95. The van der Waals surface area contributed by atoms with Crippen LogP contribution in [-0.4, -0.2) is 71.1 Å². The van der Waals surface area contributed by atoms with Gasteiger partial charge in [-0.05, 0) is 60.7 Å². The summed E-state index contributed by atoms with van der Waals surface area (Å²) in [7, 11) is 1.85. The Bertz CT molecular complexity index is 922. The summed E-state index contributed by atoms with van der Waals surface area (Å²) in [4.78, 5) is 0. The van der Waals surface area contributed by atoms with Gasteiger partial charge in [0.1, 0.15) is 30.5 Å². The van der Waals surface area contributed by atoms with E-state index in [9.17, 15) is 20.4 Å². The van der Waals surface area contributed by atoms with E-state index in [4.69, 9.17) is 21.1 Å². The van der Waals surface area contributed by atoms with Gasteiger partial charge < -0.3 is 35.2 Å². The first kappa shape index (κ1) is 27.0. The molecule has 2 aromatic carbocycles. The van der Waals surface area contributed by atoms with Crippen LogP contribution in [0, 0.1) is 0 Å². The van der Waals surface area contributed by atoms with Crippen molar-refractivity contribution < 1.29 is 29.9 Å². The Kier molecular flexibility index (Phi) is 9.88. The summed E-state index contributed by atoms with van der Waals surface area (Å²) in [6.07, 6.45) is -4.69. The summed E-state index contributed by atoms with van der Waals surface area (Å²) in [5.41, 5.74) is 4.50. The molecule has 0 amide bonds. The lowest BCUT2D eigenvalue weighted by Crippen LogP contribution is -2.55. The topological polar surface area (TPSA) is 111 Å². The molecule has 0 bridgehead atoms. The smallest absolute Gasteiger partial charge is 0.113 e. The lowest BCUT2D eigenvalue weighted by atomic mass is 9.87. The van der Waals surface area contributed by atoms with Gasteiger partial charge in [0.2, 0.25) is 0 Å². The minimum absolute atomic E-state index is 0.150. The van der Waals surface area contributed by atoms with Gasteiger partial charge in [0.25, 0.3) is 0 Å². The number of aryl methyl sites for hydroxylation is 1. The van der Waals surface area contributed by atoms with Gasteiger partial charge in [0, 0.05) is 11.1 Å². The molecule has 2 aromatic rings. The Hall–Kier alpha value is -1.55. The third-order valence-electron chi connectivity index (χ3n) is 6.45. The minimum atomic E-state index is -1.46. The van der Waals surface area contributed by atoms with E-state index in [0.29, 0.717) is 29.2 Å². The summed E-state index contributed by atoms with van der Waals surface area (Å²) < 4.78 is 11.7. The number of hydrogen-bond acceptors (Lipinski definition) is 7. The van der Waals surface area contributed by atoms with Crippen molar-refractivity contribution in [3.63, 3.8) is 0 Å². The van der Waals surface area contributed by atoms with Crippen molar-refractivity contribution in [3.05, 3.63) is 69.2 Å². The lowest BCUT2D eigenvalue weighted by Gasteiger charge is -2.41. The molecule has 1 aliphatic heterocycles. The fourth-order valence-corrected chi connectivity index (χ4v) is 4.36. The van der Waals surface area contributed by atoms with Gasteiger partial charge in [0.15, 0.2) is 0 Å². The molecular formula is C26H36ClNO6. The number of hydrogen-bond donors (Lipinski definition) is 5.